The van der Waals surface area contributed by atoms with Crippen LogP contribution in [0.15, 0.2) is 36.5 Å². The molecule has 12 heteroatoms. The first-order chi connectivity index (χ1) is 19.7. The van der Waals surface area contributed by atoms with Crippen molar-refractivity contribution in [1.82, 2.24) is 15.2 Å². The maximum atomic E-state index is 13.7. The summed E-state index contributed by atoms with van der Waals surface area (Å²) in [6.45, 7) is 7.30. The van der Waals surface area contributed by atoms with E-state index in [0.29, 0.717) is 6.42 Å². The molecule has 12 nitrogen and oxygen atoms in total. The van der Waals surface area contributed by atoms with Gasteiger partial charge >= 0.3 is 5.82 Å². The predicted molar refractivity (Wildman–Crippen MR) is 153 cm³/mol. The Kier molecular flexibility index (Phi) is 6.68. The van der Waals surface area contributed by atoms with Crippen LogP contribution in [0.4, 0.5) is 22.9 Å². The fourth-order valence-corrected chi connectivity index (χ4v) is 6.83. The van der Waals surface area contributed by atoms with Crippen molar-refractivity contribution in [2.75, 3.05) is 61.0 Å². The lowest BCUT2D eigenvalue weighted by atomic mass is 9.88. The van der Waals surface area contributed by atoms with Crippen molar-refractivity contribution in [3.63, 3.8) is 0 Å². The summed E-state index contributed by atoms with van der Waals surface area (Å²) in [7, 11) is 1.57. The molecule has 1 atom stereocenters. The van der Waals surface area contributed by atoms with Gasteiger partial charge in [-0.05, 0) is 54.3 Å². The summed E-state index contributed by atoms with van der Waals surface area (Å²) in [4.78, 5) is 60.8. The molecule has 0 bridgehead atoms. The molecular weight excluding hydrogens is 526 g/mol. The number of aromatic nitrogens is 1. The monoisotopic (exact) mass is 561 g/mol. The second-order valence-electron chi connectivity index (χ2n) is 11.8. The summed E-state index contributed by atoms with van der Waals surface area (Å²) >= 11 is 0. The van der Waals surface area contributed by atoms with Gasteiger partial charge in [0.2, 0.25) is 11.8 Å². The Bertz CT molecular complexity index is 1380. The van der Waals surface area contributed by atoms with E-state index in [9.17, 15) is 24.5 Å². The molecular formula is C29H35N7O5. The van der Waals surface area contributed by atoms with E-state index in [1.54, 1.807) is 24.2 Å². The Morgan fingerprint density at radius 3 is 2.41 bits per heavy atom. The smallest absolute Gasteiger partial charge is 0.363 e. The van der Waals surface area contributed by atoms with E-state index < -0.39 is 16.4 Å². The van der Waals surface area contributed by atoms with E-state index in [4.69, 9.17) is 0 Å². The maximum Gasteiger partial charge on any atom is 0.363 e. The van der Waals surface area contributed by atoms with Crippen LogP contribution in [-0.2, 0) is 19.8 Å². The van der Waals surface area contributed by atoms with Crippen LogP contribution in [0.25, 0.3) is 0 Å². The lowest BCUT2D eigenvalue weighted by Crippen LogP contribution is -2.71. The van der Waals surface area contributed by atoms with Gasteiger partial charge in [0, 0.05) is 70.1 Å². The van der Waals surface area contributed by atoms with Crippen molar-refractivity contribution in [2.24, 2.45) is 0 Å². The molecule has 1 N–H and O–H groups in total. The number of rotatable bonds is 9. The number of pyridine rings is 1. The van der Waals surface area contributed by atoms with Gasteiger partial charge in [-0.2, -0.15) is 0 Å². The molecule has 6 rings (SSSR count). The van der Waals surface area contributed by atoms with Crippen LogP contribution < -0.4 is 20.0 Å². The minimum Gasteiger partial charge on any atom is -0.369 e. The van der Waals surface area contributed by atoms with Crippen molar-refractivity contribution in [1.29, 1.82) is 0 Å². The van der Waals surface area contributed by atoms with Gasteiger partial charge in [0.15, 0.2) is 6.20 Å². The molecule has 1 saturated carbocycles. The number of amides is 2. The molecule has 4 heterocycles. The third-order valence-corrected chi connectivity index (χ3v) is 9.30. The fourth-order valence-electron chi connectivity index (χ4n) is 6.83. The van der Waals surface area contributed by atoms with Gasteiger partial charge in [-0.3, -0.25) is 14.5 Å². The summed E-state index contributed by atoms with van der Waals surface area (Å²) in [5.74, 6) is -0.316. The normalized spacial score (nSPS) is 21.3. The third kappa shape index (κ3) is 4.50. The predicted octanol–water partition coefficient (Wildman–Crippen LogP) is 1.86. The first kappa shape index (κ1) is 27.1. The minimum absolute atomic E-state index is 0.00105. The minimum atomic E-state index is -0.668. The molecule has 2 amide bonds. The summed E-state index contributed by atoms with van der Waals surface area (Å²) in [6.07, 6.45) is 4.39. The van der Waals surface area contributed by atoms with E-state index >= 15 is 0 Å². The quantitative estimate of drug-likeness (QED) is 0.277. The van der Waals surface area contributed by atoms with E-state index in [1.807, 2.05) is 12.1 Å². The van der Waals surface area contributed by atoms with Crippen LogP contribution in [0.5, 0.6) is 0 Å². The van der Waals surface area contributed by atoms with E-state index in [1.165, 1.54) is 6.07 Å². The van der Waals surface area contributed by atoms with Gasteiger partial charge in [0.05, 0.1) is 28.4 Å². The van der Waals surface area contributed by atoms with Gasteiger partial charge in [-0.1, -0.05) is 6.07 Å². The van der Waals surface area contributed by atoms with Crippen LogP contribution in [-0.4, -0.2) is 90.8 Å². The number of hydrogen-bond donors (Lipinski definition) is 1. The molecule has 41 heavy (non-hydrogen) atoms. The SMILES string of the molecule is CNC(=O)CCC(C=O)N1C(=O)C2(CC2)c2c(N3CCN(C4(C)CN(c5ccc([N+](=O)[O-])nc5)C4)CC3)cccc21. The number of carbonyl (C=O) groups is 3. The molecule has 1 spiro atoms. The molecule has 1 aromatic carbocycles. The number of benzene rings is 1. The van der Waals surface area contributed by atoms with Crippen molar-refractivity contribution in [3.8, 4) is 0 Å². The van der Waals surface area contributed by atoms with Gasteiger partial charge in [0.1, 0.15) is 6.29 Å². The number of nitrogens with zero attached hydrogens (tertiary/aromatic N) is 6. The van der Waals surface area contributed by atoms with E-state index in [0.717, 1.165) is 81.0 Å². The fraction of sp³-hybridized carbons (Fsp3) is 0.517. The molecule has 1 unspecified atom stereocenters. The highest BCUT2D eigenvalue weighted by molar-refractivity contribution is 6.13. The average Bonchev–Trinajstić information content (AvgIpc) is 3.74. The average molecular weight is 562 g/mol. The highest BCUT2D eigenvalue weighted by Crippen LogP contribution is 2.60. The Hall–Kier alpha value is -4.06. The van der Waals surface area contributed by atoms with Crippen molar-refractivity contribution in [2.45, 2.75) is 49.6 Å². The zero-order valence-corrected chi connectivity index (χ0v) is 23.4. The number of nitrogens with one attached hydrogen (secondary N) is 1. The largest absolute Gasteiger partial charge is 0.369 e. The number of nitro groups is 1. The molecule has 0 radical (unpaired) electrons. The zero-order valence-electron chi connectivity index (χ0n) is 23.4. The number of piperazine rings is 1. The topological polar surface area (TPSA) is 132 Å². The maximum absolute atomic E-state index is 13.7. The molecule has 2 aromatic rings. The van der Waals surface area contributed by atoms with Gasteiger partial charge in [-0.25, -0.2) is 0 Å². The molecule has 2 saturated heterocycles. The van der Waals surface area contributed by atoms with Crippen LogP contribution >= 0.6 is 0 Å². The van der Waals surface area contributed by atoms with E-state index in [-0.39, 0.29) is 29.6 Å². The van der Waals surface area contributed by atoms with Crippen molar-refractivity contribution >= 4 is 41.0 Å². The highest BCUT2D eigenvalue weighted by atomic mass is 16.6. The summed E-state index contributed by atoms with van der Waals surface area (Å²) in [5.41, 5.74) is 3.25. The lowest BCUT2D eigenvalue weighted by molar-refractivity contribution is -0.389. The van der Waals surface area contributed by atoms with Crippen LogP contribution in [0.1, 0.15) is 38.2 Å². The number of aldehydes is 1. The highest BCUT2D eigenvalue weighted by Gasteiger charge is 2.61. The Morgan fingerprint density at radius 2 is 1.83 bits per heavy atom. The summed E-state index contributed by atoms with van der Waals surface area (Å²) in [5, 5.41) is 13.5. The molecule has 3 fully saturated rings. The van der Waals surface area contributed by atoms with Gasteiger partial charge < -0.3 is 34.9 Å². The van der Waals surface area contributed by atoms with Crippen LogP contribution in [0.2, 0.25) is 0 Å². The number of carbonyl (C=O) groups excluding carboxylic acids is 3. The van der Waals surface area contributed by atoms with Crippen molar-refractivity contribution in [3.05, 3.63) is 52.2 Å². The molecule has 3 aliphatic heterocycles. The lowest BCUT2D eigenvalue weighted by Gasteiger charge is -2.56. The first-order valence-corrected chi connectivity index (χ1v) is 14.2. The summed E-state index contributed by atoms with van der Waals surface area (Å²) in [6, 6.07) is 8.53. The molecule has 216 valence electrons. The Labute approximate surface area is 238 Å². The van der Waals surface area contributed by atoms with E-state index in [2.05, 4.69) is 38.0 Å². The number of fused-ring (bicyclic) bond motifs is 2. The standard InChI is InChI=1S/C29H35N7O5/c1-28(18-33(19-28)20-6-8-24(31-16-20)36(40)41)34-14-12-32(13-15-34)22-4-3-5-23-26(22)29(10-11-29)27(39)35(23)21(17-37)7-9-25(38)30-2/h3-6,8,16-17,21H,7,9-15,18-19H2,1-2H3,(H,30,38). The number of anilines is 3. The summed E-state index contributed by atoms with van der Waals surface area (Å²) < 4.78 is 0. The van der Waals surface area contributed by atoms with Gasteiger partial charge in [-0.15, -0.1) is 0 Å². The van der Waals surface area contributed by atoms with Crippen LogP contribution in [0, 0.1) is 10.1 Å². The molecule has 1 aliphatic carbocycles. The van der Waals surface area contributed by atoms with Crippen LogP contribution in [0.3, 0.4) is 0 Å². The van der Waals surface area contributed by atoms with Crippen molar-refractivity contribution < 1.29 is 19.3 Å². The second-order valence-corrected chi connectivity index (χ2v) is 11.8. The number of hydrogen-bond acceptors (Lipinski definition) is 9. The zero-order chi connectivity index (χ0) is 28.9. The molecule has 1 aromatic heterocycles. The van der Waals surface area contributed by atoms with Gasteiger partial charge in [0.25, 0.3) is 0 Å². The Morgan fingerprint density at radius 1 is 1.12 bits per heavy atom. The first-order valence-electron chi connectivity index (χ1n) is 14.2. The molecule has 4 aliphatic rings. The third-order valence-electron chi connectivity index (χ3n) is 9.30. The Balaban J connectivity index is 1.14. The second kappa shape index (κ2) is 10.1.